The second-order valence-corrected chi connectivity index (χ2v) is 4.83. The summed E-state index contributed by atoms with van der Waals surface area (Å²) >= 11 is 0. The molecule has 0 atom stereocenters. The van der Waals surface area contributed by atoms with Crippen molar-refractivity contribution in [3.63, 3.8) is 0 Å². The molecule has 1 aromatic heterocycles. The Morgan fingerprint density at radius 1 is 1.44 bits per heavy atom. The van der Waals surface area contributed by atoms with Crippen LogP contribution in [0.3, 0.4) is 0 Å². The van der Waals surface area contributed by atoms with Gasteiger partial charge < -0.3 is 15.1 Å². The SMILES string of the molecule is CC(=O)c1ccc(N2CCC(O)(CO)CC2)nc1. The Hall–Kier alpha value is -1.46. The van der Waals surface area contributed by atoms with E-state index in [1.807, 2.05) is 11.0 Å². The highest BCUT2D eigenvalue weighted by Gasteiger charge is 2.31. The summed E-state index contributed by atoms with van der Waals surface area (Å²) < 4.78 is 0. The van der Waals surface area contributed by atoms with Crippen molar-refractivity contribution in [2.45, 2.75) is 25.4 Å². The lowest BCUT2D eigenvalue weighted by Crippen LogP contribution is -2.46. The standard InChI is InChI=1S/C13H18N2O3/c1-10(17)11-2-3-12(14-8-11)15-6-4-13(18,9-16)5-7-15/h2-3,8,16,18H,4-7,9H2,1H3. The highest BCUT2D eigenvalue weighted by atomic mass is 16.3. The number of aromatic nitrogens is 1. The van der Waals surface area contributed by atoms with Gasteiger partial charge in [0, 0.05) is 24.8 Å². The number of nitrogens with zero attached hydrogens (tertiary/aromatic N) is 2. The molecule has 5 nitrogen and oxygen atoms in total. The molecule has 0 unspecified atom stereocenters. The third-order valence-electron chi connectivity index (χ3n) is 3.47. The maximum absolute atomic E-state index is 11.1. The zero-order chi connectivity index (χ0) is 13.2. The highest BCUT2D eigenvalue weighted by Crippen LogP contribution is 2.24. The number of ketones is 1. The number of hydrogen-bond donors (Lipinski definition) is 2. The van der Waals surface area contributed by atoms with Gasteiger partial charge in [-0.15, -0.1) is 0 Å². The van der Waals surface area contributed by atoms with Crippen molar-refractivity contribution in [2.24, 2.45) is 0 Å². The average Bonchev–Trinajstić information content (AvgIpc) is 2.40. The van der Waals surface area contributed by atoms with Crippen LogP contribution >= 0.6 is 0 Å². The van der Waals surface area contributed by atoms with Crippen molar-refractivity contribution < 1.29 is 15.0 Å². The molecule has 0 bridgehead atoms. The molecule has 5 heteroatoms. The summed E-state index contributed by atoms with van der Waals surface area (Å²) in [5.41, 5.74) is -0.349. The normalized spacial score (nSPS) is 18.7. The number of pyridine rings is 1. The predicted molar refractivity (Wildman–Crippen MR) is 67.7 cm³/mol. The summed E-state index contributed by atoms with van der Waals surface area (Å²) in [5.74, 6) is 0.808. The molecule has 2 N–H and O–H groups in total. The van der Waals surface area contributed by atoms with Gasteiger partial charge in [-0.05, 0) is 31.9 Å². The van der Waals surface area contributed by atoms with E-state index in [9.17, 15) is 9.90 Å². The number of Topliss-reactive ketones (excluding diaryl/α,β-unsaturated/α-hetero) is 1. The van der Waals surface area contributed by atoms with E-state index < -0.39 is 5.60 Å². The van der Waals surface area contributed by atoms with E-state index in [0.717, 1.165) is 5.82 Å². The average molecular weight is 250 g/mol. The molecule has 1 aliphatic rings. The Morgan fingerprint density at radius 2 is 2.11 bits per heavy atom. The number of hydrogen-bond acceptors (Lipinski definition) is 5. The van der Waals surface area contributed by atoms with E-state index in [4.69, 9.17) is 5.11 Å². The first kappa shape index (κ1) is 13.0. The van der Waals surface area contributed by atoms with Gasteiger partial charge in [-0.25, -0.2) is 4.98 Å². The Morgan fingerprint density at radius 3 is 2.56 bits per heavy atom. The van der Waals surface area contributed by atoms with E-state index in [1.54, 1.807) is 12.3 Å². The van der Waals surface area contributed by atoms with Gasteiger partial charge in [0.25, 0.3) is 0 Å². The van der Waals surface area contributed by atoms with Crippen LogP contribution in [0, 0.1) is 0 Å². The maximum Gasteiger partial charge on any atom is 0.161 e. The Bertz CT molecular complexity index is 422. The highest BCUT2D eigenvalue weighted by molar-refractivity contribution is 5.93. The van der Waals surface area contributed by atoms with Crippen molar-refractivity contribution in [1.29, 1.82) is 0 Å². The Balaban J connectivity index is 2.03. The third kappa shape index (κ3) is 2.68. The van der Waals surface area contributed by atoms with Crippen molar-refractivity contribution >= 4 is 11.6 Å². The lowest BCUT2D eigenvalue weighted by molar-refractivity contribution is -0.0326. The number of aliphatic hydroxyl groups excluding tert-OH is 1. The van der Waals surface area contributed by atoms with Crippen molar-refractivity contribution in [3.8, 4) is 0 Å². The monoisotopic (exact) mass is 250 g/mol. The van der Waals surface area contributed by atoms with Gasteiger partial charge in [-0.3, -0.25) is 4.79 Å². The summed E-state index contributed by atoms with van der Waals surface area (Å²) in [5, 5.41) is 19.0. The molecule has 0 aliphatic carbocycles. The molecule has 18 heavy (non-hydrogen) atoms. The Kier molecular flexibility index (Phi) is 3.63. The minimum Gasteiger partial charge on any atom is -0.393 e. The van der Waals surface area contributed by atoms with Gasteiger partial charge in [0.2, 0.25) is 0 Å². The van der Waals surface area contributed by atoms with Crippen LogP contribution in [0.2, 0.25) is 0 Å². The van der Waals surface area contributed by atoms with E-state index in [2.05, 4.69) is 4.98 Å². The first-order valence-electron chi connectivity index (χ1n) is 6.09. The molecular formula is C13H18N2O3. The molecule has 0 aromatic carbocycles. The van der Waals surface area contributed by atoms with Crippen molar-refractivity contribution in [2.75, 3.05) is 24.6 Å². The zero-order valence-electron chi connectivity index (χ0n) is 10.5. The fourth-order valence-electron chi connectivity index (χ4n) is 2.09. The molecular weight excluding hydrogens is 232 g/mol. The van der Waals surface area contributed by atoms with Gasteiger partial charge in [-0.2, -0.15) is 0 Å². The van der Waals surface area contributed by atoms with E-state index in [-0.39, 0.29) is 12.4 Å². The summed E-state index contributed by atoms with van der Waals surface area (Å²) in [7, 11) is 0. The van der Waals surface area contributed by atoms with E-state index in [1.165, 1.54) is 6.92 Å². The molecule has 0 saturated carbocycles. The van der Waals surface area contributed by atoms with Gasteiger partial charge in [0.15, 0.2) is 5.78 Å². The van der Waals surface area contributed by atoms with Gasteiger partial charge in [0.05, 0.1) is 12.2 Å². The van der Waals surface area contributed by atoms with Gasteiger partial charge in [0.1, 0.15) is 5.82 Å². The smallest absolute Gasteiger partial charge is 0.161 e. The summed E-state index contributed by atoms with van der Waals surface area (Å²) in [4.78, 5) is 17.5. The first-order chi connectivity index (χ1) is 8.54. The summed E-state index contributed by atoms with van der Waals surface area (Å²) in [6.07, 6.45) is 2.63. The molecule has 1 aliphatic heterocycles. The lowest BCUT2D eigenvalue weighted by atomic mass is 9.92. The molecule has 2 heterocycles. The van der Waals surface area contributed by atoms with Crippen LogP contribution in [0.5, 0.6) is 0 Å². The number of carbonyl (C=O) groups is 1. The van der Waals surface area contributed by atoms with Crippen molar-refractivity contribution in [1.82, 2.24) is 4.98 Å². The second-order valence-electron chi connectivity index (χ2n) is 4.83. The van der Waals surface area contributed by atoms with Crippen LogP contribution in [0.1, 0.15) is 30.1 Å². The largest absolute Gasteiger partial charge is 0.393 e. The van der Waals surface area contributed by atoms with Crippen LogP contribution in [0.25, 0.3) is 0 Å². The third-order valence-corrected chi connectivity index (χ3v) is 3.47. The fraction of sp³-hybridized carbons (Fsp3) is 0.538. The molecule has 1 saturated heterocycles. The molecule has 98 valence electrons. The first-order valence-corrected chi connectivity index (χ1v) is 6.09. The van der Waals surface area contributed by atoms with Crippen LogP contribution in [-0.4, -0.2) is 46.3 Å². The number of rotatable bonds is 3. The Labute approximate surface area is 106 Å². The van der Waals surface area contributed by atoms with Crippen LogP contribution in [0.15, 0.2) is 18.3 Å². The van der Waals surface area contributed by atoms with Crippen molar-refractivity contribution in [3.05, 3.63) is 23.9 Å². The molecule has 0 spiro atoms. The molecule has 2 rings (SSSR count). The van der Waals surface area contributed by atoms with Crippen LogP contribution in [0.4, 0.5) is 5.82 Å². The number of aliphatic hydroxyl groups is 2. The molecule has 1 aromatic rings. The zero-order valence-corrected chi connectivity index (χ0v) is 10.5. The fourth-order valence-corrected chi connectivity index (χ4v) is 2.09. The second kappa shape index (κ2) is 5.04. The topological polar surface area (TPSA) is 73.7 Å². The molecule has 0 amide bonds. The minimum atomic E-state index is -0.949. The number of carbonyl (C=O) groups excluding carboxylic acids is 1. The summed E-state index contributed by atoms with van der Waals surface area (Å²) in [6.45, 7) is 2.63. The quantitative estimate of drug-likeness (QED) is 0.769. The maximum atomic E-state index is 11.1. The number of anilines is 1. The van der Waals surface area contributed by atoms with Crippen LogP contribution in [-0.2, 0) is 0 Å². The summed E-state index contributed by atoms with van der Waals surface area (Å²) in [6, 6.07) is 3.58. The van der Waals surface area contributed by atoms with Crippen LogP contribution < -0.4 is 4.90 Å². The van der Waals surface area contributed by atoms with Gasteiger partial charge in [-0.1, -0.05) is 0 Å². The van der Waals surface area contributed by atoms with Gasteiger partial charge >= 0.3 is 0 Å². The number of piperidine rings is 1. The lowest BCUT2D eigenvalue weighted by Gasteiger charge is -2.37. The molecule has 1 fully saturated rings. The van der Waals surface area contributed by atoms with E-state index in [0.29, 0.717) is 31.5 Å². The van der Waals surface area contributed by atoms with E-state index >= 15 is 0 Å². The predicted octanol–water partition coefficient (Wildman–Crippen LogP) is 0.608. The molecule has 0 radical (unpaired) electrons. The minimum absolute atomic E-state index is 0.00218.